The Hall–Kier alpha value is -1.59. The van der Waals surface area contributed by atoms with E-state index in [9.17, 15) is 15.0 Å². The Kier molecular flexibility index (Phi) is 7.70. The number of hydrogen-bond donors (Lipinski definition) is 3. The van der Waals surface area contributed by atoms with Crippen molar-refractivity contribution in [1.29, 1.82) is 0 Å². The molecule has 3 N–H and O–H groups in total. The summed E-state index contributed by atoms with van der Waals surface area (Å²) in [5.41, 5.74) is 0.422. The van der Waals surface area contributed by atoms with Crippen LogP contribution in [-0.2, 0) is 6.42 Å². The molecule has 24 heavy (non-hydrogen) atoms. The molecule has 5 heteroatoms. The molecule has 0 saturated carbocycles. The van der Waals surface area contributed by atoms with Crippen LogP contribution in [0.3, 0.4) is 0 Å². The standard InChI is InChI=1S/C19H32N2O3/c1-14(2)12-20-13-17(22)16(11-15-9-7-6-8-10-15)21(18(23)24)19(3,4)5/h6-10,14,16-17,20,22H,11-13H2,1-5H3,(H,23,24)/t16?,17-/m1/s1. The topological polar surface area (TPSA) is 72.8 Å². The van der Waals surface area contributed by atoms with Crippen LogP contribution in [0.2, 0.25) is 0 Å². The molecule has 0 aromatic heterocycles. The zero-order valence-corrected chi connectivity index (χ0v) is 15.5. The molecule has 0 saturated heterocycles. The fourth-order valence-corrected chi connectivity index (χ4v) is 2.84. The number of carboxylic acid groups (broad SMARTS) is 1. The van der Waals surface area contributed by atoms with Crippen molar-refractivity contribution < 1.29 is 15.0 Å². The van der Waals surface area contributed by atoms with Crippen molar-refractivity contribution in [1.82, 2.24) is 10.2 Å². The molecule has 5 nitrogen and oxygen atoms in total. The molecule has 0 fully saturated rings. The van der Waals surface area contributed by atoms with Gasteiger partial charge in [-0.15, -0.1) is 0 Å². The van der Waals surface area contributed by atoms with Crippen LogP contribution in [0.25, 0.3) is 0 Å². The van der Waals surface area contributed by atoms with Crippen molar-refractivity contribution in [3.8, 4) is 0 Å². The van der Waals surface area contributed by atoms with Gasteiger partial charge in [-0.1, -0.05) is 44.2 Å². The maximum absolute atomic E-state index is 11.9. The first-order valence-corrected chi connectivity index (χ1v) is 8.58. The minimum atomic E-state index is -1.01. The molecule has 0 bridgehead atoms. The molecule has 1 aromatic carbocycles. The zero-order valence-electron chi connectivity index (χ0n) is 15.5. The van der Waals surface area contributed by atoms with E-state index in [1.165, 1.54) is 4.90 Å². The van der Waals surface area contributed by atoms with Gasteiger partial charge in [-0.3, -0.25) is 4.90 Å². The second-order valence-electron chi connectivity index (χ2n) is 7.70. The lowest BCUT2D eigenvalue weighted by molar-refractivity contribution is 0.00765. The van der Waals surface area contributed by atoms with Crippen molar-refractivity contribution >= 4 is 6.09 Å². The molecule has 0 aliphatic carbocycles. The number of carbonyl (C=O) groups is 1. The molecule has 0 aliphatic heterocycles. The number of benzene rings is 1. The fraction of sp³-hybridized carbons (Fsp3) is 0.632. The second kappa shape index (κ2) is 9.04. The number of rotatable bonds is 8. The summed E-state index contributed by atoms with van der Waals surface area (Å²) in [4.78, 5) is 13.2. The highest BCUT2D eigenvalue weighted by molar-refractivity contribution is 5.66. The van der Waals surface area contributed by atoms with Gasteiger partial charge in [0, 0.05) is 12.1 Å². The third-order valence-electron chi connectivity index (χ3n) is 3.90. The van der Waals surface area contributed by atoms with E-state index >= 15 is 0 Å². The summed E-state index contributed by atoms with van der Waals surface area (Å²) >= 11 is 0. The second-order valence-corrected chi connectivity index (χ2v) is 7.70. The van der Waals surface area contributed by atoms with Crippen LogP contribution in [-0.4, -0.2) is 52.0 Å². The SMILES string of the molecule is CC(C)CNC[C@@H](O)C(Cc1ccccc1)N(C(=O)O)C(C)(C)C. The van der Waals surface area contributed by atoms with E-state index in [2.05, 4.69) is 19.2 Å². The smallest absolute Gasteiger partial charge is 0.408 e. The molecule has 1 rings (SSSR count). The van der Waals surface area contributed by atoms with E-state index in [4.69, 9.17) is 0 Å². The van der Waals surface area contributed by atoms with E-state index in [0.29, 0.717) is 18.9 Å². The Labute approximate surface area is 145 Å². The number of aliphatic hydroxyl groups is 1. The van der Waals surface area contributed by atoms with Crippen molar-refractivity contribution in [2.45, 2.75) is 58.7 Å². The molecule has 0 aliphatic rings. The fourth-order valence-electron chi connectivity index (χ4n) is 2.84. The number of hydrogen-bond acceptors (Lipinski definition) is 3. The Morgan fingerprint density at radius 1 is 1.17 bits per heavy atom. The Morgan fingerprint density at radius 2 is 1.75 bits per heavy atom. The monoisotopic (exact) mass is 336 g/mol. The third kappa shape index (κ3) is 6.49. The predicted octanol–water partition coefficient (Wildman–Crippen LogP) is 2.98. The van der Waals surface area contributed by atoms with Crippen LogP contribution in [0, 0.1) is 5.92 Å². The minimum Gasteiger partial charge on any atom is -0.465 e. The summed E-state index contributed by atoms with van der Waals surface area (Å²) in [6.45, 7) is 10.9. The van der Waals surface area contributed by atoms with Gasteiger partial charge in [-0.25, -0.2) is 4.79 Å². The van der Waals surface area contributed by atoms with Crippen molar-refractivity contribution in [2.75, 3.05) is 13.1 Å². The molecule has 0 heterocycles. The van der Waals surface area contributed by atoms with Gasteiger partial charge < -0.3 is 15.5 Å². The van der Waals surface area contributed by atoms with Gasteiger partial charge in [0.2, 0.25) is 0 Å². The quantitative estimate of drug-likeness (QED) is 0.682. The van der Waals surface area contributed by atoms with Crippen molar-refractivity contribution in [3.05, 3.63) is 35.9 Å². The summed E-state index contributed by atoms with van der Waals surface area (Å²) in [6.07, 6.45) is -1.31. The van der Waals surface area contributed by atoms with Crippen molar-refractivity contribution in [3.63, 3.8) is 0 Å². The summed E-state index contributed by atoms with van der Waals surface area (Å²) in [5, 5.41) is 23.6. The van der Waals surface area contributed by atoms with Gasteiger partial charge in [-0.2, -0.15) is 0 Å². The molecule has 0 radical (unpaired) electrons. The van der Waals surface area contributed by atoms with Gasteiger partial charge in [0.25, 0.3) is 0 Å². The summed E-state index contributed by atoms with van der Waals surface area (Å²) in [6, 6.07) is 9.20. The summed E-state index contributed by atoms with van der Waals surface area (Å²) in [7, 11) is 0. The van der Waals surface area contributed by atoms with Gasteiger partial charge in [-0.05, 0) is 45.2 Å². The predicted molar refractivity (Wildman–Crippen MR) is 97.3 cm³/mol. The molecular formula is C19H32N2O3. The van der Waals surface area contributed by atoms with Gasteiger partial charge in [0.1, 0.15) is 0 Å². The Bertz CT molecular complexity index is 497. The molecule has 2 atom stereocenters. The van der Waals surface area contributed by atoms with Crippen LogP contribution >= 0.6 is 0 Å². The van der Waals surface area contributed by atoms with Gasteiger partial charge in [0.05, 0.1) is 12.1 Å². The van der Waals surface area contributed by atoms with Crippen LogP contribution < -0.4 is 5.32 Å². The largest absolute Gasteiger partial charge is 0.465 e. The van der Waals surface area contributed by atoms with E-state index in [1.807, 2.05) is 51.1 Å². The van der Waals surface area contributed by atoms with Gasteiger partial charge in [0.15, 0.2) is 0 Å². The number of aliphatic hydroxyl groups excluding tert-OH is 1. The maximum Gasteiger partial charge on any atom is 0.408 e. The van der Waals surface area contributed by atoms with E-state index in [-0.39, 0.29) is 0 Å². The summed E-state index contributed by atoms with van der Waals surface area (Å²) < 4.78 is 0. The van der Waals surface area contributed by atoms with E-state index in [0.717, 1.165) is 12.1 Å². The first-order chi connectivity index (χ1) is 11.1. The van der Waals surface area contributed by atoms with Crippen LogP contribution in [0.4, 0.5) is 4.79 Å². The average Bonchev–Trinajstić information content (AvgIpc) is 2.45. The Balaban J connectivity index is 2.98. The number of nitrogens with one attached hydrogen (secondary N) is 1. The zero-order chi connectivity index (χ0) is 18.3. The maximum atomic E-state index is 11.9. The average molecular weight is 336 g/mol. The van der Waals surface area contributed by atoms with Crippen LogP contribution in [0.1, 0.15) is 40.2 Å². The number of nitrogens with zero attached hydrogens (tertiary/aromatic N) is 1. The molecule has 0 spiro atoms. The minimum absolute atomic E-state index is 0.371. The normalized spacial score (nSPS) is 14.5. The third-order valence-corrected chi connectivity index (χ3v) is 3.90. The highest BCUT2D eigenvalue weighted by atomic mass is 16.4. The lowest BCUT2D eigenvalue weighted by Crippen LogP contribution is -2.58. The van der Waals surface area contributed by atoms with Crippen molar-refractivity contribution in [2.24, 2.45) is 5.92 Å². The first kappa shape index (κ1) is 20.5. The molecule has 1 amide bonds. The highest BCUT2D eigenvalue weighted by Crippen LogP contribution is 2.22. The Morgan fingerprint density at radius 3 is 2.21 bits per heavy atom. The van der Waals surface area contributed by atoms with Crippen LogP contribution in [0.15, 0.2) is 30.3 Å². The molecule has 136 valence electrons. The van der Waals surface area contributed by atoms with Gasteiger partial charge >= 0.3 is 6.09 Å². The molecular weight excluding hydrogens is 304 g/mol. The molecule has 1 unspecified atom stereocenters. The van der Waals surface area contributed by atoms with E-state index < -0.39 is 23.8 Å². The highest BCUT2D eigenvalue weighted by Gasteiger charge is 2.37. The van der Waals surface area contributed by atoms with E-state index in [1.54, 1.807) is 0 Å². The first-order valence-electron chi connectivity index (χ1n) is 8.58. The lowest BCUT2D eigenvalue weighted by atomic mass is 9.94. The number of amides is 1. The summed E-state index contributed by atoms with van der Waals surface area (Å²) in [5.74, 6) is 0.475. The van der Waals surface area contributed by atoms with Crippen LogP contribution in [0.5, 0.6) is 0 Å². The lowest BCUT2D eigenvalue weighted by Gasteiger charge is -2.42. The molecule has 1 aromatic rings.